The quantitative estimate of drug-likeness (QED) is 0.545. The number of aliphatic hydroxyl groups excluding tert-OH is 1. The summed E-state index contributed by atoms with van der Waals surface area (Å²) in [5.74, 6) is -2.39. The minimum absolute atomic E-state index is 0.0409. The summed E-state index contributed by atoms with van der Waals surface area (Å²) in [5, 5.41) is 3.93. The number of carbonyl (C=O) groups excluding carboxylic acids is 1. The van der Waals surface area contributed by atoms with E-state index in [1.807, 2.05) is 0 Å². The smallest absolute Gasteiger partial charge is 0.428 e. The second kappa shape index (κ2) is 4.22. The molecule has 0 heterocycles. The lowest BCUT2D eigenvalue weighted by molar-refractivity contribution is -0.167. The van der Waals surface area contributed by atoms with Gasteiger partial charge in [0.25, 0.3) is 0 Å². The van der Waals surface area contributed by atoms with Crippen molar-refractivity contribution in [2.75, 3.05) is 0 Å². The summed E-state index contributed by atoms with van der Waals surface area (Å²) in [4.78, 5) is 10.7. The predicted molar refractivity (Wildman–Crippen MR) is 44.4 cm³/mol. The first kappa shape index (κ1) is 13.3. The molecule has 1 saturated carbocycles. The zero-order valence-electron chi connectivity index (χ0n) is 7.93. The van der Waals surface area contributed by atoms with Gasteiger partial charge in [-0.05, 0) is 12.8 Å². The Kier molecular flexibility index (Phi) is 3.50. The fourth-order valence-corrected chi connectivity index (χ4v) is 1.60. The molecule has 1 rings (SSSR count). The first-order valence-corrected chi connectivity index (χ1v) is 5.78. The Bertz CT molecular complexity index is 378. The lowest BCUT2D eigenvalue weighted by atomic mass is 10.3. The Balaban J connectivity index is 2.66. The van der Waals surface area contributed by atoms with Gasteiger partial charge in [-0.2, -0.15) is 8.78 Å². The fourth-order valence-electron chi connectivity index (χ4n) is 1.35. The van der Waals surface area contributed by atoms with Crippen LogP contribution in [0.4, 0.5) is 8.78 Å². The molecule has 16 heavy (non-hydrogen) atoms. The lowest BCUT2D eigenvalue weighted by Gasteiger charge is -2.20. The van der Waals surface area contributed by atoms with Crippen molar-refractivity contribution in [1.29, 1.82) is 0 Å². The van der Waals surface area contributed by atoms with Crippen molar-refractivity contribution in [1.82, 2.24) is 0 Å². The van der Waals surface area contributed by atoms with Gasteiger partial charge >= 0.3 is 11.2 Å². The summed E-state index contributed by atoms with van der Waals surface area (Å²) in [6.45, 7) is 0. The Labute approximate surface area is 90.0 Å². The summed E-state index contributed by atoms with van der Waals surface area (Å²) in [6, 6.07) is 0. The third-order valence-corrected chi connectivity index (χ3v) is 2.98. The Morgan fingerprint density at radius 3 is 2.38 bits per heavy atom. The Hall–Kier alpha value is -0.800. The molecule has 2 atom stereocenters. The van der Waals surface area contributed by atoms with E-state index >= 15 is 0 Å². The third kappa shape index (κ3) is 2.66. The van der Waals surface area contributed by atoms with E-state index in [0.29, 0.717) is 0 Å². The molecular formula is C7H9F2O6S-. The maximum atomic E-state index is 12.6. The second-order valence-electron chi connectivity index (χ2n) is 3.47. The molecule has 0 bridgehead atoms. The van der Waals surface area contributed by atoms with Gasteiger partial charge in [-0.25, -0.2) is 13.2 Å². The van der Waals surface area contributed by atoms with Gasteiger partial charge in [-0.15, -0.1) is 0 Å². The summed E-state index contributed by atoms with van der Waals surface area (Å²) in [5.41, 5.74) is 0. The first-order valence-electron chi connectivity index (χ1n) is 4.37. The summed E-state index contributed by atoms with van der Waals surface area (Å²) in [6.07, 6.45) is -1.36. The van der Waals surface area contributed by atoms with E-state index in [1.54, 1.807) is 0 Å². The van der Waals surface area contributed by atoms with Crippen LogP contribution in [0.3, 0.4) is 0 Å². The number of ether oxygens (including phenoxy) is 1. The van der Waals surface area contributed by atoms with E-state index in [-0.39, 0.29) is 19.3 Å². The molecule has 0 saturated heterocycles. The van der Waals surface area contributed by atoms with Gasteiger partial charge in [0.05, 0.1) is 6.10 Å². The molecule has 0 aromatic carbocycles. The number of rotatable bonds is 3. The highest BCUT2D eigenvalue weighted by Crippen LogP contribution is 2.27. The molecule has 0 aromatic rings. The van der Waals surface area contributed by atoms with Crippen molar-refractivity contribution in [3.63, 3.8) is 0 Å². The molecule has 1 aliphatic rings. The highest BCUT2D eigenvalue weighted by atomic mass is 32.2. The molecule has 0 amide bonds. The minimum Gasteiger partial charge on any atom is -0.743 e. The monoisotopic (exact) mass is 259 g/mol. The molecule has 0 spiro atoms. The van der Waals surface area contributed by atoms with Crippen molar-refractivity contribution in [2.45, 2.75) is 36.7 Å². The number of hydrogen-bond donors (Lipinski definition) is 1. The predicted octanol–water partition coefficient (Wildman–Crippen LogP) is -0.419. The summed E-state index contributed by atoms with van der Waals surface area (Å²) < 4.78 is 59.6. The molecule has 0 aliphatic heterocycles. The van der Waals surface area contributed by atoms with Crippen molar-refractivity contribution < 1.29 is 36.4 Å². The highest BCUT2D eigenvalue weighted by Gasteiger charge is 2.49. The maximum Gasteiger partial charge on any atom is 0.428 e. The standard InChI is InChI=1S/C7H10F2O6S/c8-7(9,16(12,13)14)6(11)15-5-2-1-4(10)3-5/h4-5,10H,1-3H2,(H,12,13,14)/p-1. The van der Waals surface area contributed by atoms with Gasteiger partial charge in [0.15, 0.2) is 10.1 Å². The van der Waals surface area contributed by atoms with Gasteiger partial charge in [-0.3, -0.25) is 0 Å². The summed E-state index contributed by atoms with van der Waals surface area (Å²) in [7, 11) is -6.08. The molecule has 9 heteroatoms. The average Bonchev–Trinajstić information content (AvgIpc) is 2.49. The van der Waals surface area contributed by atoms with Crippen molar-refractivity contribution in [3.8, 4) is 0 Å². The van der Waals surface area contributed by atoms with Gasteiger partial charge in [0.1, 0.15) is 6.10 Å². The molecule has 6 nitrogen and oxygen atoms in total. The van der Waals surface area contributed by atoms with Crippen molar-refractivity contribution >= 4 is 16.1 Å². The number of hydrogen-bond acceptors (Lipinski definition) is 6. The van der Waals surface area contributed by atoms with Crippen LogP contribution in [0.1, 0.15) is 19.3 Å². The van der Waals surface area contributed by atoms with Crippen LogP contribution in [0.5, 0.6) is 0 Å². The van der Waals surface area contributed by atoms with E-state index < -0.39 is 33.5 Å². The Morgan fingerprint density at radius 2 is 2.00 bits per heavy atom. The number of halogens is 2. The van der Waals surface area contributed by atoms with Crippen LogP contribution >= 0.6 is 0 Å². The topological polar surface area (TPSA) is 104 Å². The normalized spacial score (nSPS) is 26.8. The fraction of sp³-hybridized carbons (Fsp3) is 0.857. The molecule has 0 radical (unpaired) electrons. The SMILES string of the molecule is O=C(OC1CCC(O)C1)C(F)(F)S(=O)(=O)[O-]. The maximum absolute atomic E-state index is 12.6. The molecule has 2 unspecified atom stereocenters. The highest BCUT2D eigenvalue weighted by molar-refractivity contribution is 7.87. The number of carbonyl (C=O) groups is 1. The second-order valence-corrected chi connectivity index (χ2v) is 4.89. The van der Waals surface area contributed by atoms with Crippen LogP contribution in [0.25, 0.3) is 0 Å². The first-order chi connectivity index (χ1) is 7.14. The van der Waals surface area contributed by atoms with E-state index in [0.717, 1.165) is 0 Å². The Morgan fingerprint density at radius 1 is 1.44 bits per heavy atom. The van der Waals surface area contributed by atoms with Crippen LogP contribution in [-0.4, -0.2) is 41.5 Å². The number of alkyl halides is 2. The van der Waals surface area contributed by atoms with Crippen molar-refractivity contribution in [3.05, 3.63) is 0 Å². The van der Waals surface area contributed by atoms with E-state index in [2.05, 4.69) is 4.74 Å². The van der Waals surface area contributed by atoms with Gasteiger partial charge < -0.3 is 14.4 Å². The zero-order chi connectivity index (χ0) is 12.6. The average molecular weight is 259 g/mol. The number of aliphatic hydroxyl groups is 1. The van der Waals surface area contributed by atoms with Crippen LogP contribution in [0.15, 0.2) is 0 Å². The van der Waals surface area contributed by atoms with Gasteiger partial charge in [-0.1, -0.05) is 0 Å². The molecule has 1 fully saturated rings. The summed E-state index contributed by atoms with van der Waals surface area (Å²) >= 11 is 0. The van der Waals surface area contributed by atoms with Gasteiger partial charge in [0.2, 0.25) is 0 Å². The van der Waals surface area contributed by atoms with E-state index in [9.17, 15) is 26.5 Å². The third-order valence-electron chi connectivity index (χ3n) is 2.18. The molecule has 94 valence electrons. The molecular weight excluding hydrogens is 250 g/mol. The molecule has 1 aliphatic carbocycles. The number of esters is 1. The van der Waals surface area contributed by atoms with Crippen LogP contribution in [-0.2, 0) is 19.6 Å². The van der Waals surface area contributed by atoms with Crippen molar-refractivity contribution in [2.24, 2.45) is 0 Å². The van der Waals surface area contributed by atoms with Gasteiger partial charge in [0, 0.05) is 6.42 Å². The molecule has 1 N–H and O–H groups in total. The van der Waals surface area contributed by atoms with E-state index in [4.69, 9.17) is 5.11 Å². The zero-order valence-corrected chi connectivity index (χ0v) is 8.75. The lowest BCUT2D eigenvalue weighted by Crippen LogP contribution is -2.40. The molecule has 0 aromatic heterocycles. The van der Waals surface area contributed by atoms with E-state index in [1.165, 1.54) is 0 Å². The largest absolute Gasteiger partial charge is 0.743 e. The van der Waals surface area contributed by atoms with Crippen LogP contribution in [0.2, 0.25) is 0 Å². The van der Waals surface area contributed by atoms with Crippen LogP contribution < -0.4 is 0 Å². The minimum atomic E-state index is -6.08. The van der Waals surface area contributed by atoms with Crippen LogP contribution in [0, 0.1) is 0 Å².